The molecular weight excluding hydrogens is 733 g/mol. The van der Waals surface area contributed by atoms with Crippen molar-refractivity contribution in [2.24, 2.45) is 0 Å². The zero-order valence-electron chi connectivity index (χ0n) is 33.2. The Morgan fingerprint density at radius 1 is 0.400 bits per heavy atom. The minimum Gasteiger partial charge on any atom is -0.232 e. The van der Waals surface area contributed by atoms with Crippen LogP contribution in [0.4, 0.5) is 0 Å². The van der Waals surface area contributed by atoms with E-state index >= 15 is 0 Å². The number of benzene rings is 7. The largest absolute Gasteiger partial charge is 0.232 e. The quantitative estimate of drug-likeness (QED) is 0.160. The molecule has 0 spiro atoms. The fourth-order valence-electron chi connectivity index (χ4n) is 8.97. The third-order valence-corrected chi connectivity index (χ3v) is 11.9. The molecule has 0 saturated carbocycles. The molecule has 9 aromatic rings. The van der Waals surface area contributed by atoms with Crippen LogP contribution >= 0.6 is 0 Å². The fraction of sp³-hybridized carbons (Fsp3) is 0.0741. The Bertz CT molecular complexity index is 2980. The molecule has 284 valence electrons. The summed E-state index contributed by atoms with van der Waals surface area (Å²) in [6.45, 7) is 4.41. The first-order valence-corrected chi connectivity index (χ1v) is 20.1. The van der Waals surface area contributed by atoms with Crippen molar-refractivity contribution in [1.29, 1.82) is 5.26 Å². The third-order valence-electron chi connectivity index (χ3n) is 11.9. The molecule has 0 atom stereocenters. The van der Waals surface area contributed by atoms with Crippen molar-refractivity contribution in [1.82, 2.24) is 24.9 Å². The normalized spacial score (nSPS) is 16.6. The van der Waals surface area contributed by atoms with Crippen LogP contribution in [0.5, 0.6) is 0 Å². The Morgan fingerprint density at radius 3 is 1.38 bits per heavy atom. The van der Waals surface area contributed by atoms with Gasteiger partial charge in [-0.3, -0.25) is 0 Å². The van der Waals surface area contributed by atoms with E-state index in [1.807, 2.05) is 84.9 Å². The van der Waals surface area contributed by atoms with Crippen LogP contribution in [0.2, 0.25) is 0 Å². The summed E-state index contributed by atoms with van der Waals surface area (Å²) >= 11 is 0. The Morgan fingerprint density at radius 2 is 0.850 bits per heavy atom. The molecule has 0 aliphatic heterocycles. The van der Waals surface area contributed by atoms with E-state index in [0.29, 0.717) is 28.9 Å². The van der Waals surface area contributed by atoms with Crippen molar-refractivity contribution in [3.8, 4) is 51.4 Å². The van der Waals surface area contributed by atoms with Crippen molar-refractivity contribution >= 4 is 0 Å². The number of aromatic nitrogens is 5. The van der Waals surface area contributed by atoms with E-state index in [1.165, 1.54) is 0 Å². The highest BCUT2D eigenvalue weighted by atomic mass is 15.1. The van der Waals surface area contributed by atoms with Gasteiger partial charge in [-0.2, -0.15) is 5.26 Å². The SMILES string of the molecule is Cc1ccccc1C1(c2nc(-c3ccccc3)nc(-c3ccccc3)n2)c2ccccc2C(C)(c2nc(-c3ccccc3)cc(-c3cccc(C#N)c3)n2)c2ccccc21. The summed E-state index contributed by atoms with van der Waals surface area (Å²) in [6, 6.07) is 68.3. The number of rotatable bonds is 7. The molecule has 0 radical (unpaired) electrons. The van der Waals surface area contributed by atoms with Gasteiger partial charge in [-0.15, -0.1) is 0 Å². The summed E-state index contributed by atoms with van der Waals surface area (Å²) in [7, 11) is 0. The zero-order chi connectivity index (χ0) is 40.7. The van der Waals surface area contributed by atoms with Crippen LogP contribution < -0.4 is 0 Å². The number of aryl methyl sites for hydroxylation is 1. The monoisotopic (exact) mass is 770 g/mol. The van der Waals surface area contributed by atoms with Crippen LogP contribution in [0.1, 0.15) is 57.5 Å². The highest BCUT2D eigenvalue weighted by molar-refractivity contribution is 5.74. The molecule has 6 nitrogen and oxygen atoms in total. The van der Waals surface area contributed by atoms with Crippen molar-refractivity contribution in [2.45, 2.75) is 24.7 Å². The second-order valence-electron chi connectivity index (χ2n) is 15.3. The Labute approximate surface area is 349 Å². The molecule has 0 bridgehead atoms. The standard InChI is InChI=1S/C54H38N6/c1-36-19-12-13-28-42(36)54(52-59-49(39-23-8-4-9-24-39)58-50(60-52)40-25-10-5-11-26-40)45-31-16-14-29-43(45)53(2,44-30-15-17-32-46(44)54)51-56-47(38-21-6-3-7-22-38)34-48(57-51)41-27-18-20-37(33-41)35-55/h3-34H,1-2H3. The van der Waals surface area contributed by atoms with Gasteiger partial charge in [0.05, 0.1) is 28.4 Å². The van der Waals surface area contributed by atoms with Gasteiger partial charge in [0.2, 0.25) is 0 Å². The van der Waals surface area contributed by atoms with Crippen molar-refractivity contribution in [2.75, 3.05) is 0 Å². The lowest BCUT2D eigenvalue weighted by Gasteiger charge is -2.47. The zero-order valence-corrected chi connectivity index (χ0v) is 33.2. The summed E-state index contributed by atoms with van der Waals surface area (Å²) in [5, 5.41) is 9.88. The average molecular weight is 771 g/mol. The molecule has 2 aromatic heterocycles. The van der Waals surface area contributed by atoms with E-state index in [1.54, 1.807) is 0 Å². The van der Waals surface area contributed by atoms with E-state index < -0.39 is 10.8 Å². The Kier molecular flexibility index (Phi) is 9.00. The Hall–Kier alpha value is -7.88. The first kappa shape index (κ1) is 36.5. The molecule has 0 unspecified atom stereocenters. The van der Waals surface area contributed by atoms with Crippen LogP contribution in [0, 0.1) is 18.3 Å². The number of fused-ring (bicyclic) bond motifs is 2. The molecular formula is C54H38N6. The molecule has 0 amide bonds. The molecule has 0 fully saturated rings. The maximum absolute atomic E-state index is 9.88. The van der Waals surface area contributed by atoms with E-state index in [-0.39, 0.29) is 0 Å². The van der Waals surface area contributed by atoms with Crippen LogP contribution in [-0.4, -0.2) is 24.9 Å². The molecule has 0 N–H and O–H groups in total. The lowest BCUT2D eigenvalue weighted by atomic mass is 9.55. The number of hydrogen-bond donors (Lipinski definition) is 0. The minimum atomic E-state index is -0.991. The molecule has 1 aliphatic carbocycles. The third kappa shape index (κ3) is 5.90. The first-order chi connectivity index (χ1) is 29.5. The van der Waals surface area contributed by atoms with Gasteiger partial charge >= 0.3 is 0 Å². The van der Waals surface area contributed by atoms with E-state index in [2.05, 4.69) is 129 Å². The van der Waals surface area contributed by atoms with Crippen LogP contribution in [0.3, 0.4) is 0 Å². The highest BCUT2D eigenvalue weighted by Gasteiger charge is 2.54. The summed E-state index contributed by atoms with van der Waals surface area (Å²) in [5.41, 5.74) is 10.2. The summed E-state index contributed by atoms with van der Waals surface area (Å²) < 4.78 is 0. The van der Waals surface area contributed by atoms with Crippen molar-refractivity contribution in [3.63, 3.8) is 0 Å². The average Bonchev–Trinajstić information content (AvgIpc) is 3.33. The van der Waals surface area contributed by atoms with Gasteiger partial charge < -0.3 is 0 Å². The summed E-state index contributed by atoms with van der Waals surface area (Å²) in [4.78, 5) is 27.1. The van der Waals surface area contributed by atoms with Gasteiger partial charge in [-0.05, 0) is 65.4 Å². The van der Waals surface area contributed by atoms with Crippen LogP contribution in [0.25, 0.3) is 45.3 Å². The molecule has 7 aromatic carbocycles. The molecule has 60 heavy (non-hydrogen) atoms. The molecule has 2 heterocycles. The lowest BCUT2D eigenvalue weighted by Crippen LogP contribution is -2.45. The van der Waals surface area contributed by atoms with Gasteiger partial charge in [-0.25, -0.2) is 24.9 Å². The highest BCUT2D eigenvalue weighted by Crippen LogP contribution is 2.57. The van der Waals surface area contributed by atoms with Gasteiger partial charge in [-0.1, -0.05) is 176 Å². The molecule has 6 heteroatoms. The second-order valence-corrected chi connectivity index (χ2v) is 15.3. The first-order valence-electron chi connectivity index (χ1n) is 20.1. The fourth-order valence-corrected chi connectivity index (χ4v) is 8.97. The summed E-state index contributed by atoms with van der Waals surface area (Å²) in [6.07, 6.45) is 0. The Balaban J connectivity index is 1.32. The second kappa shape index (κ2) is 14.8. The van der Waals surface area contributed by atoms with Gasteiger partial charge in [0.25, 0.3) is 0 Å². The maximum Gasteiger partial charge on any atom is 0.163 e. The smallest absolute Gasteiger partial charge is 0.163 e. The minimum absolute atomic E-state index is 0.568. The van der Waals surface area contributed by atoms with Crippen molar-refractivity contribution in [3.05, 3.63) is 245 Å². The lowest BCUT2D eigenvalue weighted by molar-refractivity contribution is 0.545. The van der Waals surface area contributed by atoms with Gasteiger partial charge in [0.15, 0.2) is 17.5 Å². The number of nitriles is 1. The predicted octanol–water partition coefficient (Wildman–Crippen LogP) is 11.6. The van der Waals surface area contributed by atoms with Crippen molar-refractivity contribution < 1.29 is 0 Å². The van der Waals surface area contributed by atoms with E-state index in [4.69, 9.17) is 24.9 Å². The number of nitrogens with zero attached hydrogens (tertiary/aromatic N) is 6. The van der Waals surface area contributed by atoms with Crippen LogP contribution in [-0.2, 0) is 10.8 Å². The molecule has 1 aliphatic rings. The topological polar surface area (TPSA) is 88.2 Å². The van der Waals surface area contributed by atoms with Gasteiger partial charge in [0.1, 0.15) is 11.2 Å². The number of hydrogen-bond acceptors (Lipinski definition) is 6. The van der Waals surface area contributed by atoms with E-state index in [0.717, 1.165) is 67.0 Å². The predicted molar refractivity (Wildman–Crippen MR) is 237 cm³/mol. The summed E-state index contributed by atoms with van der Waals surface area (Å²) in [5.74, 6) is 2.46. The van der Waals surface area contributed by atoms with Crippen LogP contribution in [0.15, 0.2) is 194 Å². The van der Waals surface area contributed by atoms with Gasteiger partial charge in [0, 0.05) is 22.3 Å². The maximum atomic E-state index is 9.88. The molecule has 0 saturated heterocycles. The molecule has 10 rings (SSSR count). The van der Waals surface area contributed by atoms with E-state index in [9.17, 15) is 5.26 Å².